The lowest BCUT2D eigenvalue weighted by molar-refractivity contribution is 0.176. The highest BCUT2D eigenvalue weighted by Gasteiger charge is 2.30. The number of aromatic hydroxyl groups is 1. The van der Waals surface area contributed by atoms with E-state index in [1.165, 1.54) is 17.0 Å². The molecule has 7 rings (SSSR count). The van der Waals surface area contributed by atoms with E-state index in [4.69, 9.17) is 10.2 Å². The van der Waals surface area contributed by atoms with Crippen molar-refractivity contribution in [1.29, 1.82) is 0 Å². The number of nitrogens with zero attached hydrogens (tertiary/aromatic N) is 2. The maximum absolute atomic E-state index is 12.9. The lowest BCUT2D eigenvalue weighted by Gasteiger charge is -2.35. The number of carboxylic acid groups (broad SMARTS) is 1. The quantitative estimate of drug-likeness (QED) is 0.0654. The fourth-order valence-corrected chi connectivity index (χ4v) is 7.66. The molecule has 0 bridgehead atoms. The highest BCUT2D eigenvalue weighted by atomic mass is 35.5. The van der Waals surface area contributed by atoms with Gasteiger partial charge in [-0.05, 0) is 104 Å². The number of phenolic OH excluding ortho intramolecular Hbond substituents is 1. The van der Waals surface area contributed by atoms with Crippen LogP contribution in [0.2, 0.25) is 0 Å². The average Bonchev–Trinajstić information content (AvgIpc) is 3.48. The van der Waals surface area contributed by atoms with Crippen molar-refractivity contribution < 1.29 is 24.5 Å². The number of rotatable bonds is 13. The predicted molar refractivity (Wildman–Crippen MR) is 223 cm³/mol. The Labute approximate surface area is 335 Å². The molecule has 0 spiro atoms. The largest absolute Gasteiger partial charge is 0.506 e. The van der Waals surface area contributed by atoms with Crippen LogP contribution in [0.1, 0.15) is 61.3 Å². The molecule has 1 aliphatic carbocycles. The first-order valence-electron chi connectivity index (χ1n) is 18.5. The first-order chi connectivity index (χ1) is 26.2. The number of aryl methyl sites for hydroxylation is 2. The summed E-state index contributed by atoms with van der Waals surface area (Å²) in [4.78, 5) is 41.4. The third kappa shape index (κ3) is 9.29. The Morgan fingerprint density at radius 1 is 0.929 bits per heavy atom. The van der Waals surface area contributed by atoms with Crippen molar-refractivity contribution >= 4 is 58.6 Å². The molecule has 14 heteroatoms. The number of unbranched alkanes of at least 4 members (excludes halogenated alkanes) is 1. The van der Waals surface area contributed by atoms with Gasteiger partial charge in [0.15, 0.2) is 5.58 Å². The fraction of sp³-hybridized carbons (Fsp3) is 0.310. The van der Waals surface area contributed by atoms with Gasteiger partial charge in [-0.15, -0.1) is 24.8 Å². The van der Waals surface area contributed by atoms with E-state index in [2.05, 4.69) is 16.4 Å². The molecule has 1 saturated carbocycles. The molecule has 7 N–H and O–H groups in total. The molecule has 12 nitrogen and oxygen atoms in total. The summed E-state index contributed by atoms with van der Waals surface area (Å²) in [6.45, 7) is 1.12. The molecular formula is C42H47Cl2N5O7. The summed E-state index contributed by atoms with van der Waals surface area (Å²) < 4.78 is 7.26. The highest BCUT2D eigenvalue weighted by molar-refractivity contribution is 5.94. The molecule has 1 amide bonds. The lowest BCUT2D eigenvalue weighted by Crippen LogP contribution is -2.44. The van der Waals surface area contributed by atoms with Gasteiger partial charge >= 0.3 is 11.8 Å². The molecule has 0 radical (unpaired) electrons. The second-order valence-corrected chi connectivity index (χ2v) is 14.1. The number of aromatic nitrogens is 2. The van der Waals surface area contributed by atoms with Crippen LogP contribution >= 0.6 is 24.8 Å². The molecule has 1 fully saturated rings. The van der Waals surface area contributed by atoms with Gasteiger partial charge < -0.3 is 35.8 Å². The van der Waals surface area contributed by atoms with Crippen LogP contribution in [-0.2, 0) is 19.5 Å². The molecule has 4 aromatic carbocycles. The summed E-state index contributed by atoms with van der Waals surface area (Å²) in [6.07, 6.45) is 3.53. The number of benzene rings is 4. The van der Waals surface area contributed by atoms with Crippen LogP contribution in [0.15, 0.2) is 105 Å². The number of aliphatic hydroxyl groups excluding tert-OH is 1. The van der Waals surface area contributed by atoms with Crippen LogP contribution in [0.25, 0.3) is 33.1 Å². The highest BCUT2D eigenvalue weighted by Crippen LogP contribution is 2.36. The van der Waals surface area contributed by atoms with E-state index in [0.29, 0.717) is 40.8 Å². The molecule has 296 valence electrons. The number of carbonyl (C=O) groups is 1. The summed E-state index contributed by atoms with van der Waals surface area (Å²) in [5.74, 6) is -0.487. The molecule has 0 saturated heterocycles. The molecule has 1 atom stereocenters. The van der Waals surface area contributed by atoms with Crippen LogP contribution in [-0.4, -0.2) is 49.6 Å². The normalized spacial score (nSPS) is 15.9. The fourth-order valence-electron chi connectivity index (χ4n) is 7.66. The smallest absolute Gasteiger partial charge is 0.419 e. The molecular weight excluding hydrogens is 757 g/mol. The summed E-state index contributed by atoms with van der Waals surface area (Å²) in [6, 6.07) is 27.5. The van der Waals surface area contributed by atoms with Crippen LogP contribution in [0.4, 0.5) is 10.5 Å². The predicted octanol–water partition coefficient (Wildman–Crippen LogP) is 7.25. The van der Waals surface area contributed by atoms with Crippen LogP contribution in [0, 0.1) is 0 Å². The van der Waals surface area contributed by atoms with Crippen molar-refractivity contribution in [2.75, 3.05) is 11.4 Å². The monoisotopic (exact) mass is 803 g/mol. The molecule has 0 unspecified atom stereocenters. The minimum Gasteiger partial charge on any atom is -0.506 e. The van der Waals surface area contributed by atoms with Crippen LogP contribution in [0.5, 0.6) is 5.75 Å². The Bertz CT molecular complexity index is 2390. The summed E-state index contributed by atoms with van der Waals surface area (Å²) >= 11 is 0. The number of oxazole rings is 1. The van der Waals surface area contributed by atoms with Crippen molar-refractivity contribution in [1.82, 2.24) is 14.9 Å². The average molecular weight is 805 g/mol. The van der Waals surface area contributed by atoms with Gasteiger partial charge in [-0.2, -0.15) is 0 Å². The minimum atomic E-state index is -0.958. The number of aromatic amines is 1. The van der Waals surface area contributed by atoms with E-state index in [1.54, 1.807) is 16.7 Å². The second kappa shape index (κ2) is 18.7. The van der Waals surface area contributed by atoms with Gasteiger partial charge in [-0.1, -0.05) is 48.5 Å². The van der Waals surface area contributed by atoms with Crippen molar-refractivity contribution in [2.45, 2.75) is 76.2 Å². The topological polar surface area (TPSA) is 187 Å². The molecule has 6 aromatic rings. The van der Waals surface area contributed by atoms with Crippen molar-refractivity contribution in [3.63, 3.8) is 0 Å². The van der Waals surface area contributed by atoms with Gasteiger partial charge in [-0.25, -0.2) is 9.59 Å². The molecule has 1 aliphatic rings. The second-order valence-electron chi connectivity index (χ2n) is 14.1. The lowest BCUT2D eigenvalue weighted by atomic mass is 9.89. The minimum absolute atomic E-state index is 0. The number of H-pyrrole nitrogens is 1. The van der Waals surface area contributed by atoms with E-state index in [-0.39, 0.29) is 60.3 Å². The molecule has 0 aliphatic heterocycles. The molecule has 56 heavy (non-hydrogen) atoms. The number of amides is 1. The number of pyridine rings is 1. The third-order valence-corrected chi connectivity index (χ3v) is 10.5. The Kier molecular flexibility index (Phi) is 14.0. The maximum atomic E-state index is 12.9. The van der Waals surface area contributed by atoms with Gasteiger partial charge in [-0.3, -0.25) is 14.3 Å². The Hall–Kier alpha value is -5.11. The van der Waals surface area contributed by atoms with Crippen molar-refractivity contribution in [2.24, 2.45) is 5.73 Å². The number of hydrogen-bond donors (Lipinski definition) is 6. The number of anilines is 1. The number of nitrogens with two attached hydrogens (primary N) is 1. The van der Waals surface area contributed by atoms with Crippen LogP contribution < -0.4 is 27.3 Å². The maximum Gasteiger partial charge on any atom is 0.419 e. The Balaban J connectivity index is 0.00000300. The molecule has 2 heterocycles. The number of fused-ring (bicyclic) bond motifs is 2. The van der Waals surface area contributed by atoms with Gasteiger partial charge in [0.2, 0.25) is 5.56 Å². The van der Waals surface area contributed by atoms with E-state index >= 15 is 0 Å². The van der Waals surface area contributed by atoms with E-state index < -0.39 is 18.0 Å². The Morgan fingerprint density at radius 3 is 2.43 bits per heavy atom. The number of phenols is 1. The standard InChI is InChI=1S/C42H45N5O7.2ClH/c43-29-11-13-30(14-12-29)47(41(51)52)34-17-9-26(22-33(34)28-7-2-1-3-8-28)6-4-5-21-46-35-18-10-27(23-38(35)54-42(46)53)24-44-25-37(49)31-15-19-36(48)40-32(31)16-20-39(50)45-40;;/h1-3,7-10,15-20,22-23,29-30,37,44,48-49H,4-6,11-14,21,24-25,43H2,(H,45,50)(H,51,52);2*1H/t29-,30-,37-;;/m0../s1. The zero-order valence-electron chi connectivity index (χ0n) is 30.7. The van der Waals surface area contributed by atoms with Crippen LogP contribution in [0.3, 0.4) is 0 Å². The first kappa shape index (κ1) is 42.0. The summed E-state index contributed by atoms with van der Waals surface area (Å²) in [5.41, 5.74) is 12.3. The number of aliphatic hydroxyl groups is 1. The number of nitrogens with one attached hydrogen (secondary N) is 2. The van der Waals surface area contributed by atoms with E-state index in [9.17, 15) is 29.7 Å². The van der Waals surface area contributed by atoms with Gasteiger partial charge in [0.05, 0.1) is 22.8 Å². The van der Waals surface area contributed by atoms with Crippen molar-refractivity contribution in [3.8, 4) is 16.9 Å². The summed E-state index contributed by atoms with van der Waals surface area (Å²) in [5, 5.41) is 35.2. The van der Waals surface area contributed by atoms with Gasteiger partial charge in [0, 0.05) is 48.7 Å². The zero-order chi connectivity index (χ0) is 37.8. The van der Waals surface area contributed by atoms with Gasteiger partial charge in [0.1, 0.15) is 5.75 Å². The van der Waals surface area contributed by atoms with Crippen molar-refractivity contribution in [3.05, 3.63) is 129 Å². The SMILES string of the molecule is Cl.Cl.N[C@H]1CC[C@H](N(C(=O)O)c2ccc(CCCCn3c(=O)oc4cc(CNC[C@H](O)c5ccc(O)c6[nH]c(=O)ccc56)ccc43)cc2-c2ccccc2)CC1. The zero-order valence-corrected chi connectivity index (χ0v) is 32.4. The number of halogens is 2. The third-order valence-electron chi connectivity index (χ3n) is 10.5. The first-order valence-corrected chi connectivity index (χ1v) is 18.5. The Morgan fingerprint density at radius 2 is 1.68 bits per heavy atom. The van der Waals surface area contributed by atoms with E-state index in [1.807, 2.05) is 60.7 Å². The summed E-state index contributed by atoms with van der Waals surface area (Å²) in [7, 11) is 0. The molecule has 2 aromatic heterocycles. The number of hydrogen-bond acceptors (Lipinski definition) is 8. The van der Waals surface area contributed by atoms with Gasteiger partial charge in [0.25, 0.3) is 0 Å². The van der Waals surface area contributed by atoms with E-state index in [0.717, 1.165) is 67.2 Å².